The fourth-order valence-electron chi connectivity index (χ4n) is 3.92. The Balaban J connectivity index is 1.97. The number of nitrogens with zero attached hydrogens (tertiary/aromatic N) is 1. The molecule has 0 spiro atoms. The fourth-order valence-corrected chi connectivity index (χ4v) is 5.34. The first-order valence-electron chi connectivity index (χ1n) is 7.54. The van der Waals surface area contributed by atoms with Crippen molar-refractivity contribution in [1.82, 2.24) is 10.3 Å². The molecule has 18 heavy (non-hydrogen) atoms. The third kappa shape index (κ3) is 1.83. The number of rotatable bonds is 4. The van der Waals surface area contributed by atoms with E-state index in [1.165, 1.54) is 55.6 Å². The second-order valence-electron chi connectivity index (χ2n) is 5.74. The quantitative estimate of drug-likeness (QED) is 0.898. The summed E-state index contributed by atoms with van der Waals surface area (Å²) in [7, 11) is 0. The van der Waals surface area contributed by atoms with Gasteiger partial charge in [0.2, 0.25) is 0 Å². The highest BCUT2D eigenvalue weighted by Crippen LogP contribution is 2.47. The highest BCUT2D eigenvalue weighted by molar-refractivity contribution is 7.12. The van der Waals surface area contributed by atoms with E-state index < -0.39 is 0 Å². The van der Waals surface area contributed by atoms with Crippen molar-refractivity contribution in [2.24, 2.45) is 5.92 Å². The van der Waals surface area contributed by atoms with Crippen molar-refractivity contribution in [2.75, 3.05) is 6.54 Å². The topological polar surface area (TPSA) is 24.9 Å². The molecule has 0 aromatic carbocycles. The zero-order valence-corrected chi connectivity index (χ0v) is 12.4. The van der Waals surface area contributed by atoms with E-state index in [4.69, 9.17) is 4.98 Å². The van der Waals surface area contributed by atoms with Gasteiger partial charge in [-0.2, -0.15) is 0 Å². The van der Waals surface area contributed by atoms with Gasteiger partial charge in [-0.05, 0) is 44.6 Å². The molecule has 100 valence electrons. The van der Waals surface area contributed by atoms with Gasteiger partial charge in [0.25, 0.3) is 0 Å². The Morgan fingerprint density at radius 2 is 2.22 bits per heavy atom. The van der Waals surface area contributed by atoms with E-state index in [0.29, 0.717) is 0 Å². The van der Waals surface area contributed by atoms with Crippen LogP contribution in [0.25, 0.3) is 0 Å². The van der Waals surface area contributed by atoms with Gasteiger partial charge >= 0.3 is 0 Å². The summed E-state index contributed by atoms with van der Waals surface area (Å²) in [5.41, 5.74) is 1.62. The number of thiazole rings is 1. The van der Waals surface area contributed by atoms with Crippen LogP contribution in [0.2, 0.25) is 0 Å². The van der Waals surface area contributed by atoms with Gasteiger partial charge < -0.3 is 5.32 Å². The van der Waals surface area contributed by atoms with Crippen molar-refractivity contribution in [2.45, 2.75) is 64.3 Å². The standard InChI is InChI=1S/C15H24N2S/c1-3-11-7-6-10-15(11,16-4-2)14-17-12-8-5-9-13(12)18-14/h11,16H,3-10H2,1-2H3. The van der Waals surface area contributed by atoms with Crippen molar-refractivity contribution >= 4 is 11.3 Å². The molecule has 1 heterocycles. The second kappa shape index (κ2) is 4.93. The Morgan fingerprint density at radius 1 is 1.33 bits per heavy atom. The first kappa shape index (κ1) is 12.6. The predicted molar refractivity (Wildman–Crippen MR) is 77.1 cm³/mol. The summed E-state index contributed by atoms with van der Waals surface area (Å²) < 4.78 is 0. The summed E-state index contributed by atoms with van der Waals surface area (Å²) in [6.45, 7) is 5.62. The average Bonchev–Trinajstić information content (AvgIpc) is 3.01. The summed E-state index contributed by atoms with van der Waals surface area (Å²) in [6.07, 6.45) is 9.09. The zero-order chi connectivity index (χ0) is 12.6. The van der Waals surface area contributed by atoms with Crippen molar-refractivity contribution in [3.63, 3.8) is 0 Å². The molecule has 3 heteroatoms. The van der Waals surface area contributed by atoms with Crippen LogP contribution in [0, 0.1) is 5.92 Å². The van der Waals surface area contributed by atoms with E-state index >= 15 is 0 Å². The van der Waals surface area contributed by atoms with Crippen LogP contribution in [0.3, 0.4) is 0 Å². The molecule has 1 fully saturated rings. The highest BCUT2D eigenvalue weighted by Gasteiger charge is 2.45. The Labute approximate surface area is 114 Å². The third-order valence-electron chi connectivity index (χ3n) is 4.78. The molecule has 1 saturated carbocycles. The Hall–Kier alpha value is -0.410. The van der Waals surface area contributed by atoms with E-state index in [9.17, 15) is 0 Å². The Kier molecular flexibility index (Phi) is 3.46. The molecule has 3 rings (SSSR count). The smallest absolute Gasteiger partial charge is 0.114 e. The molecule has 0 radical (unpaired) electrons. The normalized spacial score (nSPS) is 30.9. The first-order valence-corrected chi connectivity index (χ1v) is 8.36. The van der Waals surface area contributed by atoms with Crippen LogP contribution in [0.5, 0.6) is 0 Å². The molecule has 2 atom stereocenters. The lowest BCUT2D eigenvalue weighted by atomic mass is 9.85. The predicted octanol–water partition coefficient (Wildman–Crippen LogP) is 3.65. The molecule has 1 aromatic heterocycles. The van der Waals surface area contributed by atoms with E-state index in [1.807, 2.05) is 11.3 Å². The van der Waals surface area contributed by atoms with E-state index in [1.54, 1.807) is 4.88 Å². The number of aromatic nitrogens is 1. The molecule has 2 nitrogen and oxygen atoms in total. The van der Waals surface area contributed by atoms with Crippen molar-refractivity contribution in [3.8, 4) is 0 Å². The maximum Gasteiger partial charge on any atom is 0.114 e. The van der Waals surface area contributed by atoms with Crippen LogP contribution in [0.1, 0.15) is 61.5 Å². The van der Waals surface area contributed by atoms with E-state index in [2.05, 4.69) is 19.2 Å². The summed E-state index contributed by atoms with van der Waals surface area (Å²) in [4.78, 5) is 6.59. The largest absolute Gasteiger partial charge is 0.305 e. The van der Waals surface area contributed by atoms with Crippen LogP contribution in [-0.4, -0.2) is 11.5 Å². The summed E-state index contributed by atoms with van der Waals surface area (Å²) in [5, 5.41) is 5.21. The summed E-state index contributed by atoms with van der Waals surface area (Å²) in [6, 6.07) is 0. The maximum absolute atomic E-state index is 5.02. The van der Waals surface area contributed by atoms with Gasteiger partial charge in [0.05, 0.1) is 11.2 Å². The van der Waals surface area contributed by atoms with Gasteiger partial charge in [0.15, 0.2) is 0 Å². The molecule has 0 amide bonds. The summed E-state index contributed by atoms with van der Waals surface area (Å²) in [5.74, 6) is 0.781. The second-order valence-corrected chi connectivity index (χ2v) is 6.83. The van der Waals surface area contributed by atoms with Gasteiger partial charge in [0, 0.05) is 4.88 Å². The van der Waals surface area contributed by atoms with E-state index in [-0.39, 0.29) is 5.54 Å². The molecule has 2 aliphatic rings. The van der Waals surface area contributed by atoms with E-state index in [0.717, 1.165) is 12.5 Å². The van der Waals surface area contributed by atoms with Gasteiger partial charge in [-0.15, -0.1) is 11.3 Å². The number of hydrogen-bond donors (Lipinski definition) is 1. The molecular weight excluding hydrogens is 240 g/mol. The van der Waals surface area contributed by atoms with Gasteiger partial charge in [-0.25, -0.2) is 4.98 Å². The van der Waals surface area contributed by atoms with Crippen molar-refractivity contribution < 1.29 is 0 Å². The Morgan fingerprint density at radius 3 is 2.94 bits per heavy atom. The maximum atomic E-state index is 5.02. The lowest BCUT2D eigenvalue weighted by molar-refractivity contribution is 0.244. The van der Waals surface area contributed by atoms with Crippen molar-refractivity contribution in [3.05, 3.63) is 15.6 Å². The fraction of sp³-hybridized carbons (Fsp3) is 0.800. The number of fused-ring (bicyclic) bond motifs is 1. The van der Waals surface area contributed by atoms with Crippen LogP contribution in [-0.2, 0) is 18.4 Å². The van der Waals surface area contributed by atoms with Crippen LogP contribution in [0.4, 0.5) is 0 Å². The lowest BCUT2D eigenvalue weighted by Crippen LogP contribution is -2.45. The molecule has 2 unspecified atom stereocenters. The minimum atomic E-state index is 0.207. The van der Waals surface area contributed by atoms with Crippen LogP contribution in [0.15, 0.2) is 0 Å². The zero-order valence-electron chi connectivity index (χ0n) is 11.6. The molecular formula is C15H24N2S. The number of aryl methyl sites for hydroxylation is 2. The molecule has 0 bridgehead atoms. The summed E-state index contributed by atoms with van der Waals surface area (Å²) >= 11 is 2.00. The van der Waals surface area contributed by atoms with Gasteiger partial charge in [-0.3, -0.25) is 0 Å². The molecule has 0 saturated heterocycles. The van der Waals surface area contributed by atoms with Crippen LogP contribution < -0.4 is 5.32 Å². The lowest BCUT2D eigenvalue weighted by Gasteiger charge is -2.34. The average molecular weight is 264 g/mol. The van der Waals surface area contributed by atoms with Gasteiger partial charge in [0.1, 0.15) is 5.01 Å². The first-order chi connectivity index (χ1) is 8.80. The molecule has 2 aliphatic carbocycles. The molecule has 1 aromatic rings. The SMILES string of the molecule is CCNC1(c2nc3c(s2)CCC3)CCCC1CC. The Bertz CT molecular complexity index is 405. The van der Waals surface area contributed by atoms with Crippen LogP contribution >= 0.6 is 11.3 Å². The van der Waals surface area contributed by atoms with Crippen molar-refractivity contribution in [1.29, 1.82) is 0 Å². The monoisotopic (exact) mass is 264 g/mol. The molecule has 0 aliphatic heterocycles. The minimum Gasteiger partial charge on any atom is -0.305 e. The number of hydrogen-bond acceptors (Lipinski definition) is 3. The number of nitrogens with one attached hydrogen (secondary N) is 1. The molecule has 1 N–H and O–H groups in total. The minimum absolute atomic E-state index is 0.207. The highest BCUT2D eigenvalue weighted by atomic mass is 32.1. The van der Waals surface area contributed by atoms with Gasteiger partial charge in [-0.1, -0.05) is 26.7 Å². The third-order valence-corrected chi connectivity index (χ3v) is 6.12.